The van der Waals surface area contributed by atoms with E-state index in [1.807, 2.05) is 18.2 Å². The highest BCUT2D eigenvalue weighted by molar-refractivity contribution is 9.10. The van der Waals surface area contributed by atoms with Gasteiger partial charge in [0.05, 0.1) is 5.69 Å². The zero-order valence-electron chi connectivity index (χ0n) is 11.4. The molecule has 0 radical (unpaired) electrons. The summed E-state index contributed by atoms with van der Waals surface area (Å²) in [6, 6.07) is 15.0. The summed E-state index contributed by atoms with van der Waals surface area (Å²) in [4.78, 5) is 2.21. The minimum absolute atomic E-state index is 0.205. The Bertz CT molecular complexity index is 542. The molecule has 0 bridgehead atoms. The van der Waals surface area contributed by atoms with Crippen LogP contribution in [0.2, 0.25) is 0 Å². The lowest BCUT2D eigenvalue weighted by molar-refractivity contribution is 0.340. The molecule has 2 rings (SSSR count). The van der Waals surface area contributed by atoms with Crippen molar-refractivity contribution in [3.05, 3.63) is 64.4 Å². The first-order valence-corrected chi connectivity index (χ1v) is 7.36. The number of nitrogens with one attached hydrogen (secondary N) is 1. The second kappa shape index (κ2) is 7.41. The third kappa shape index (κ3) is 4.62. The lowest BCUT2D eigenvalue weighted by Crippen LogP contribution is -2.25. The molecule has 20 heavy (non-hydrogen) atoms. The summed E-state index contributed by atoms with van der Waals surface area (Å²) in [6.45, 7) is 2.45. The van der Waals surface area contributed by atoms with Crippen LogP contribution in [0.5, 0.6) is 0 Å². The minimum Gasteiger partial charge on any atom is -0.381 e. The van der Waals surface area contributed by atoms with E-state index in [0.717, 1.165) is 17.6 Å². The fourth-order valence-corrected chi connectivity index (χ4v) is 2.23. The van der Waals surface area contributed by atoms with E-state index >= 15 is 0 Å². The second-order valence-corrected chi connectivity index (χ2v) is 5.69. The summed E-state index contributed by atoms with van der Waals surface area (Å²) >= 11 is 3.43. The van der Waals surface area contributed by atoms with Gasteiger partial charge in [0.15, 0.2) is 0 Å². The lowest BCUT2D eigenvalue weighted by atomic mass is 10.2. The van der Waals surface area contributed by atoms with Crippen LogP contribution in [0.3, 0.4) is 0 Å². The third-order valence-corrected chi connectivity index (χ3v) is 3.58. The maximum absolute atomic E-state index is 13.4. The Labute approximate surface area is 127 Å². The molecule has 0 saturated carbocycles. The van der Waals surface area contributed by atoms with Crippen molar-refractivity contribution >= 4 is 21.6 Å². The number of anilines is 1. The maximum Gasteiger partial charge on any atom is 0.146 e. The van der Waals surface area contributed by atoms with Gasteiger partial charge in [0.1, 0.15) is 5.82 Å². The summed E-state index contributed by atoms with van der Waals surface area (Å²) in [5, 5.41) is 3.11. The molecule has 1 N–H and O–H groups in total. The Morgan fingerprint density at radius 3 is 2.50 bits per heavy atom. The first-order chi connectivity index (χ1) is 9.65. The predicted molar refractivity (Wildman–Crippen MR) is 85.4 cm³/mol. The van der Waals surface area contributed by atoms with Gasteiger partial charge in [-0.15, -0.1) is 0 Å². The summed E-state index contributed by atoms with van der Waals surface area (Å²) in [5.74, 6) is -0.205. The SMILES string of the molecule is CN(CCNc1ccccc1F)Cc1ccc(Br)cc1. The standard InChI is InChI=1S/C16H18BrFN2/c1-20(12-13-6-8-14(17)9-7-13)11-10-19-16-5-3-2-4-15(16)18/h2-9,19H,10-12H2,1H3. The highest BCUT2D eigenvalue weighted by Crippen LogP contribution is 2.13. The van der Waals surface area contributed by atoms with Crippen molar-refractivity contribution in [3.8, 4) is 0 Å². The molecule has 0 unspecified atom stereocenters. The smallest absolute Gasteiger partial charge is 0.146 e. The van der Waals surface area contributed by atoms with Crippen LogP contribution in [0.25, 0.3) is 0 Å². The summed E-state index contributed by atoms with van der Waals surface area (Å²) in [7, 11) is 2.06. The molecule has 0 atom stereocenters. The molecule has 0 amide bonds. The number of para-hydroxylation sites is 1. The Hall–Kier alpha value is -1.39. The summed E-state index contributed by atoms with van der Waals surface area (Å²) < 4.78 is 14.5. The molecule has 2 nitrogen and oxygen atoms in total. The molecule has 4 heteroatoms. The van der Waals surface area contributed by atoms with Gasteiger partial charge in [0, 0.05) is 24.1 Å². The van der Waals surface area contributed by atoms with Gasteiger partial charge in [-0.05, 0) is 36.9 Å². The van der Waals surface area contributed by atoms with E-state index in [1.165, 1.54) is 11.6 Å². The molecule has 2 aromatic rings. The third-order valence-electron chi connectivity index (χ3n) is 3.05. The topological polar surface area (TPSA) is 15.3 Å². The van der Waals surface area contributed by atoms with Gasteiger partial charge in [-0.25, -0.2) is 4.39 Å². The molecule has 0 saturated heterocycles. The maximum atomic E-state index is 13.4. The van der Waals surface area contributed by atoms with Crippen LogP contribution in [0, 0.1) is 5.82 Å². The summed E-state index contributed by atoms with van der Waals surface area (Å²) in [6.07, 6.45) is 0. The van der Waals surface area contributed by atoms with Gasteiger partial charge in [-0.1, -0.05) is 40.2 Å². The van der Waals surface area contributed by atoms with Gasteiger partial charge >= 0.3 is 0 Å². The quantitative estimate of drug-likeness (QED) is 0.853. The van der Waals surface area contributed by atoms with Gasteiger partial charge in [-0.3, -0.25) is 0 Å². The van der Waals surface area contributed by atoms with Crippen LogP contribution in [-0.4, -0.2) is 25.0 Å². The van der Waals surface area contributed by atoms with E-state index in [9.17, 15) is 4.39 Å². The van der Waals surface area contributed by atoms with Crippen LogP contribution >= 0.6 is 15.9 Å². The van der Waals surface area contributed by atoms with E-state index in [-0.39, 0.29) is 5.82 Å². The van der Waals surface area contributed by atoms with Crippen LogP contribution < -0.4 is 5.32 Å². The van der Waals surface area contributed by atoms with Crippen LogP contribution in [-0.2, 0) is 6.54 Å². The van der Waals surface area contributed by atoms with Crippen LogP contribution in [0.4, 0.5) is 10.1 Å². The lowest BCUT2D eigenvalue weighted by Gasteiger charge is -2.17. The number of hydrogen-bond acceptors (Lipinski definition) is 2. The molecular formula is C16H18BrFN2. The van der Waals surface area contributed by atoms with Crippen molar-refractivity contribution in [1.29, 1.82) is 0 Å². The van der Waals surface area contributed by atoms with E-state index in [0.29, 0.717) is 12.2 Å². The number of halogens is 2. The van der Waals surface area contributed by atoms with Gasteiger partial charge < -0.3 is 10.2 Å². The minimum atomic E-state index is -0.205. The predicted octanol–water partition coefficient (Wildman–Crippen LogP) is 4.13. The van der Waals surface area contributed by atoms with Crippen molar-refractivity contribution in [3.63, 3.8) is 0 Å². The number of benzene rings is 2. The number of rotatable bonds is 6. The van der Waals surface area contributed by atoms with Gasteiger partial charge in [-0.2, -0.15) is 0 Å². The monoisotopic (exact) mass is 336 g/mol. The Kier molecular flexibility index (Phi) is 5.56. The van der Waals surface area contributed by atoms with Gasteiger partial charge in [0.2, 0.25) is 0 Å². The van der Waals surface area contributed by atoms with Crippen molar-refractivity contribution in [1.82, 2.24) is 4.90 Å². The van der Waals surface area contributed by atoms with E-state index < -0.39 is 0 Å². The Morgan fingerprint density at radius 2 is 1.80 bits per heavy atom. The summed E-state index contributed by atoms with van der Waals surface area (Å²) in [5.41, 5.74) is 1.83. The highest BCUT2D eigenvalue weighted by atomic mass is 79.9. The molecule has 0 aliphatic rings. The van der Waals surface area contributed by atoms with Crippen molar-refractivity contribution < 1.29 is 4.39 Å². The molecule has 0 fully saturated rings. The average Bonchev–Trinajstić information content (AvgIpc) is 2.43. The van der Waals surface area contributed by atoms with Crippen molar-refractivity contribution in [2.45, 2.75) is 6.54 Å². The van der Waals surface area contributed by atoms with E-state index in [4.69, 9.17) is 0 Å². The zero-order chi connectivity index (χ0) is 14.4. The first kappa shape index (κ1) is 15.0. The highest BCUT2D eigenvalue weighted by Gasteiger charge is 2.02. The fraction of sp³-hybridized carbons (Fsp3) is 0.250. The number of likely N-dealkylation sites (N-methyl/N-ethyl adjacent to an activating group) is 1. The van der Waals surface area contributed by atoms with Crippen LogP contribution in [0.15, 0.2) is 53.0 Å². The molecule has 0 heterocycles. The van der Waals surface area contributed by atoms with Crippen molar-refractivity contribution in [2.24, 2.45) is 0 Å². The van der Waals surface area contributed by atoms with Crippen molar-refractivity contribution in [2.75, 3.05) is 25.5 Å². The molecular weight excluding hydrogens is 319 g/mol. The number of hydrogen-bond donors (Lipinski definition) is 1. The van der Waals surface area contributed by atoms with E-state index in [2.05, 4.69) is 45.3 Å². The molecule has 2 aromatic carbocycles. The zero-order valence-corrected chi connectivity index (χ0v) is 13.0. The van der Waals surface area contributed by atoms with Gasteiger partial charge in [0.25, 0.3) is 0 Å². The Morgan fingerprint density at radius 1 is 1.10 bits per heavy atom. The van der Waals surface area contributed by atoms with Crippen LogP contribution in [0.1, 0.15) is 5.56 Å². The average molecular weight is 337 g/mol. The Balaban J connectivity index is 1.76. The normalized spacial score (nSPS) is 10.8. The first-order valence-electron chi connectivity index (χ1n) is 6.56. The second-order valence-electron chi connectivity index (χ2n) is 4.77. The number of nitrogens with zero attached hydrogens (tertiary/aromatic N) is 1. The van der Waals surface area contributed by atoms with E-state index in [1.54, 1.807) is 12.1 Å². The molecule has 0 aromatic heterocycles. The fourth-order valence-electron chi connectivity index (χ4n) is 1.97. The molecule has 106 valence electrons. The molecule has 0 aliphatic carbocycles. The molecule has 0 aliphatic heterocycles. The largest absolute Gasteiger partial charge is 0.381 e. The molecule has 0 spiro atoms.